The molecule has 0 bridgehead atoms. The highest BCUT2D eigenvalue weighted by Crippen LogP contribution is 2.40. The maximum Gasteiger partial charge on any atom is 0.303 e. The number of ether oxygens (including phenoxy) is 3. The molecule has 2 amide bonds. The number of para-hydroxylation sites is 1. The largest absolute Gasteiger partial charge is 0.453 e. The van der Waals surface area contributed by atoms with E-state index in [4.69, 9.17) is 14.2 Å². The molecule has 0 saturated carbocycles. The Hall–Kier alpha value is -4.29. The number of hydrogen-bond acceptors (Lipinski definition) is 9. The van der Waals surface area contributed by atoms with Gasteiger partial charge in [0.15, 0.2) is 12.4 Å². The van der Waals surface area contributed by atoms with Gasteiger partial charge in [0.25, 0.3) is 5.91 Å². The van der Waals surface area contributed by atoms with E-state index in [1.54, 1.807) is 12.1 Å². The minimum Gasteiger partial charge on any atom is -0.453 e. The molecule has 11 nitrogen and oxygen atoms in total. The molecule has 3 aromatic rings. The van der Waals surface area contributed by atoms with Crippen molar-refractivity contribution in [2.45, 2.75) is 69.9 Å². The van der Waals surface area contributed by atoms with Gasteiger partial charge in [-0.15, -0.1) is 0 Å². The summed E-state index contributed by atoms with van der Waals surface area (Å²) >= 11 is 0. The van der Waals surface area contributed by atoms with Gasteiger partial charge in [0, 0.05) is 49.9 Å². The number of esters is 1. The fourth-order valence-corrected chi connectivity index (χ4v) is 6.77. The number of aliphatic hydroxyl groups is 1. The SMILES string of the molecule is CC(=O)O[C@@H](C)C(=O)Nc1cccc(C2O[C@H](CN3CCC4(CC3)C(=O)NCN4c3ccccc3)C[C@H](c3ccc(CO)cc3)O2)c1. The van der Waals surface area contributed by atoms with Crippen molar-refractivity contribution in [2.75, 3.05) is 36.5 Å². The molecule has 3 heterocycles. The van der Waals surface area contributed by atoms with E-state index in [1.807, 2.05) is 54.6 Å². The van der Waals surface area contributed by atoms with Gasteiger partial charge >= 0.3 is 5.97 Å². The highest BCUT2D eigenvalue weighted by molar-refractivity contribution is 5.95. The lowest BCUT2D eigenvalue weighted by Gasteiger charge is -2.45. The third kappa shape index (κ3) is 7.33. The molecular weight excluding hydrogens is 600 g/mol. The number of likely N-dealkylation sites (tertiary alicyclic amines) is 1. The van der Waals surface area contributed by atoms with Gasteiger partial charge in [-0.05, 0) is 55.2 Å². The average molecular weight is 643 g/mol. The Balaban J connectivity index is 1.17. The second-order valence-corrected chi connectivity index (χ2v) is 12.5. The Morgan fingerprint density at radius 2 is 1.77 bits per heavy atom. The monoisotopic (exact) mass is 642 g/mol. The Bertz CT molecular complexity index is 1560. The van der Waals surface area contributed by atoms with Crippen molar-refractivity contribution in [2.24, 2.45) is 0 Å². The fourth-order valence-electron chi connectivity index (χ4n) is 6.77. The van der Waals surface area contributed by atoms with Crippen molar-refractivity contribution >= 4 is 29.2 Å². The molecule has 3 fully saturated rings. The maximum absolute atomic E-state index is 13.2. The number of amides is 2. The topological polar surface area (TPSA) is 130 Å². The molecule has 3 aromatic carbocycles. The second kappa shape index (κ2) is 14.2. The molecule has 3 aliphatic rings. The quantitative estimate of drug-likeness (QED) is 0.296. The number of nitrogens with one attached hydrogen (secondary N) is 2. The first-order valence-electron chi connectivity index (χ1n) is 16.2. The van der Waals surface area contributed by atoms with Gasteiger partial charge < -0.3 is 39.8 Å². The number of nitrogens with zero attached hydrogens (tertiary/aromatic N) is 2. The van der Waals surface area contributed by atoms with E-state index in [0.29, 0.717) is 38.2 Å². The number of benzene rings is 3. The number of hydrogen-bond donors (Lipinski definition) is 3. The van der Waals surface area contributed by atoms with Crippen LogP contribution in [0.1, 0.15) is 62.2 Å². The van der Waals surface area contributed by atoms with Crippen LogP contribution < -0.4 is 15.5 Å². The van der Waals surface area contributed by atoms with Gasteiger partial charge in [-0.1, -0.05) is 54.6 Å². The standard InChI is InChI=1S/C36H42N4O7/c1-24(45-25(2)42)33(43)38-29-8-6-7-28(19-29)34-46-31(20-32(47-34)27-13-11-26(22-41)12-14-27)21-39-17-15-36(16-18-39)35(44)37-23-40(36)30-9-4-3-5-10-30/h3-14,19,24,31-32,34,41H,15-18,20-23H2,1-2H3,(H,37,44)(H,38,43)/t24-,31-,32+,34?/m0/s1. The molecule has 4 atom stereocenters. The predicted molar refractivity (Wildman–Crippen MR) is 175 cm³/mol. The van der Waals surface area contributed by atoms with Crippen LogP contribution in [0.3, 0.4) is 0 Å². The predicted octanol–water partition coefficient (Wildman–Crippen LogP) is 4.04. The van der Waals surface area contributed by atoms with E-state index in [-0.39, 0.29) is 24.7 Å². The summed E-state index contributed by atoms with van der Waals surface area (Å²) in [6, 6.07) is 25.1. The first kappa shape index (κ1) is 32.6. The minimum absolute atomic E-state index is 0.0368. The van der Waals surface area contributed by atoms with Crippen LogP contribution >= 0.6 is 0 Å². The van der Waals surface area contributed by atoms with E-state index in [2.05, 4.69) is 32.6 Å². The van der Waals surface area contributed by atoms with Crippen molar-refractivity contribution < 1.29 is 33.7 Å². The number of anilines is 2. The molecule has 47 heavy (non-hydrogen) atoms. The van der Waals surface area contributed by atoms with Crippen molar-refractivity contribution in [3.05, 3.63) is 95.6 Å². The minimum atomic E-state index is -0.937. The number of carbonyl (C=O) groups is 3. The summed E-state index contributed by atoms with van der Waals surface area (Å²) in [5.41, 5.74) is 3.56. The van der Waals surface area contributed by atoms with Crippen LogP contribution in [0.5, 0.6) is 0 Å². The Kier molecular flexibility index (Phi) is 9.88. The van der Waals surface area contributed by atoms with Crippen LogP contribution in [-0.2, 0) is 35.2 Å². The Morgan fingerprint density at radius 1 is 1.02 bits per heavy atom. The van der Waals surface area contributed by atoms with Crippen LogP contribution in [0.4, 0.5) is 11.4 Å². The first-order chi connectivity index (χ1) is 22.7. The van der Waals surface area contributed by atoms with Gasteiger partial charge in [0.1, 0.15) is 5.54 Å². The third-order valence-electron chi connectivity index (χ3n) is 9.30. The Morgan fingerprint density at radius 3 is 2.47 bits per heavy atom. The summed E-state index contributed by atoms with van der Waals surface area (Å²) in [6.07, 6.45) is -0.0324. The lowest BCUT2D eigenvalue weighted by molar-refractivity contribution is -0.253. The maximum atomic E-state index is 13.2. The van der Waals surface area contributed by atoms with Crippen LogP contribution in [0, 0.1) is 0 Å². The summed E-state index contributed by atoms with van der Waals surface area (Å²) in [6.45, 7) is 5.42. The number of aliphatic hydroxyl groups excluding tert-OH is 1. The summed E-state index contributed by atoms with van der Waals surface area (Å²) in [5.74, 6) is -0.880. The molecule has 248 valence electrons. The molecule has 6 rings (SSSR count). The van der Waals surface area contributed by atoms with E-state index < -0.39 is 29.8 Å². The van der Waals surface area contributed by atoms with Crippen LogP contribution in [0.15, 0.2) is 78.9 Å². The summed E-state index contributed by atoms with van der Waals surface area (Å²) in [7, 11) is 0. The normalized spacial score (nSPS) is 23.3. The van der Waals surface area contributed by atoms with Gasteiger partial charge in [0.05, 0.1) is 25.5 Å². The third-order valence-corrected chi connectivity index (χ3v) is 9.30. The van der Waals surface area contributed by atoms with Gasteiger partial charge in [0.2, 0.25) is 5.91 Å². The summed E-state index contributed by atoms with van der Waals surface area (Å²) < 4.78 is 18.1. The highest BCUT2D eigenvalue weighted by atomic mass is 16.7. The molecule has 1 unspecified atom stereocenters. The molecule has 1 spiro atoms. The van der Waals surface area contributed by atoms with Gasteiger partial charge in [-0.3, -0.25) is 14.4 Å². The summed E-state index contributed by atoms with van der Waals surface area (Å²) in [4.78, 5) is 41.7. The van der Waals surface area contributed by atoms with E-state index in [9.17, 15) is 19.5 Å². The van der Waals surface area contributed by atoms with Gasteiger partial charge in [-0.25, -0.2) is 0 Å². The van der Waals surface area contributed by atoms with Crippen molar-refractivity contribution in [3.63, 3.8) is 0 Å². The molecule has 0 aromatic heterocycles. The Labute approximate surface area is 274 Å². The molecule has 3 aliphatic heterocycles. The average Bonchev–Trinajstić information content (AvgIpc) is 3.40. The van der Waals surface area contributed by atoms with Crippen molar-refractivity contribution in [1.82, 2.24) is 10.2 Å². The second-order valence-electron chi connectivity index (χ2n) is 12.5. The van der Waals surface area contributed by atoms with Crippen LogP contribution in [0.25, 0.3) is 0 Å². The van der Waals surface area contributed by atoms with E-state index in [1.165, 1.54) is 13.8 Å². The van der Waals surface area contributed by atoms with E-state index in [0.717, 1.165) is 35.5 Å². The number of piperidine rings is 1. The molecular formula is C36H42N4O7. The van der Waals surface area contributed by atoms with E-state index >= 15 is 0 Å². The molecule has 0 radical (unpaired) electrons. The smallest absolute Gasteiger partial charge is 0.303 e. The van der Waals surface area contributed by atoms with Gasteiger partial charge in [-0.2, -0.15) is 0 Å². The summed E-state index contributed by atoms with van der Waals surface area (Å²) in [5, 5.41) is 15.4. The lowest BCUT2D eigenvalue weighted by Crippen LogP contribution is -2.57. The number of rotatable bonds is 9. The molecule has 3 saturated heterocycles. The zero-order valence-corrected chi connectivity index (χ0v) is 26.8. The number of carbonyl (C=O) groups excluding carboxylic acids is 3. The first-order valence-corrected chi connectivity index (χ1v) is 16.2. The zero-order valence-electron chi connectivity index (χ0n) is 26.8. The van der Waals surface area contributed by atoms with Crippen LogP contribution in [0.2, 0.25) is 0 Å². The fraction of sp³-hybridized carbons (Fsp3) is 0.417. The highest BCUT2D eigenvalue weighted by Gasteiger charge is 2.50. The lowest BCUT2D eigenvalue weighted by atomic mass is 9.85. The van der Waals surface area contributed by atoms with Crippen molar-refractivity contribution in [3.8, 4) is 0 Å². The molecule has 11 heteroatoms. The molecule has 0 aliphatic carbocycles. The van der Waals surface area contributed by atoms with Crippen molar-refractivity contribution in [1.29, 1.82) is 0 Å². The van der Waals surface area contributed by atoms with Crippen LogP contribution in [-0.4, -0.2) is 71.8 Å². The zero-order chi connectivity index (χ0) is 33.0. The molecule has 3 N–H and O–H groups in total.